The lowest BCUT2D eigenvalue weighted by molar-refractivity contribution is 1.25. The third kappa shape index (κ3) is 1.13. The Kier molecular flexibility index (Phi) is 1.67. The third-order valence-electron chi connectivity index (χ3n) is 1.33. The Bertz CT molecular complexity index is 255. The number of nitrogens with one attached hydrogen (secondary N) is 1. The predicted octanol–water partition coefficient (Wildman–Crippen LogP) is 0.674. The van der Waals surface area contributed by atoms with Gasteiger partial charge in [0.1, 0.15) is 5.84 Å². The first-order valence-corrected chi connectivity index (χ1v) is 2.97. The maximum absolute atomic E-state index is 7.11. The topological polar surface area (TPSA) is 62.8 Å². The number of rotatable bonds is 1. The van der Waals surface area contributed by atoms with E-state index in [1.807, 2.05) is 13.0 Å². The molecule has 0 unspecified atom stereocenters. The summed E-state index contributed by atoms with van der Waals surface area (Å²) >= 11 is 0. The van der Waals surface area contributed by atoms with Crippen molar-refractivity contribution >= 4 is 5.84 Å². The van der Waals surface area contributed by atoms with Crippen LogP contribution < -0.4 is 5.73 Å². The van der Waals surface area contributed by atoms with Crippen molar-refractivity contribution in [1.82, 2.24) is 4.98 Å². The summed E-state index contributed by atoms with van der Waals surface area (Å²) in [6.07, 6.45) is 3.28. The van der Waals surface area contributed by atoms with Crippen molar-refractivity contribution in [2.75, 3.05) is 0 Å². The summed E-state index contributed by atoms with van der Waals surface area (Å²) in [5.41, 5.74) is 6.96. The second-order valence-electron chi connectivity index (χ2n) is 2.10. The van der Waals surface area contributed by atoms with Crippen molar-refractivity contribution < 1.29 is 0 Å². The van der Waals surface area contributed by atoms with Crippen LogP contribution in [-0.2, 0) is 0 Å². The van der Waals surface area contributed by atoms with E-state index in [1.54, 1.807) is 12.4 Å². The molecule has 0 aliphatic heterocycles. The molecule has 1 aromatic heterocycles. The van der Waals surface area contributed by atoms with Gasteiger partial charge in [0.15, 0.2) is 0 Å². The minimum absolute atomic E-state index is 0.0746. The van der Waals surface area contributed by atoms with Gasteiger partial charge in [-0.15, -0.1) is 0 Å². The van der Waals surface area contributed by atoms with E-state index < -0.39 is 0 Å². The Morgan fingerprint density at radius 2 is 2.40 bits per heavy atom. The average Bonchev–Trinajstić information content (AvgIpc) is 1.88. The molecule has 3 nitrogen and oxygen atoms in total. The number of aromatic nitrogens is 1. The van der Waals surface area contributed by atoms with Gasteiger partial charge in [0.25, 0.3) is 0 Å². The molecule has 1 heterocycles. The summed E-state index contributed by atoms with van der Waals surface area (Å²) in [5, 5.41) is 7.11. The van der Waals surface area contributed by atoms with E-state index in [9.17, 15) is 0 Å². The molecule has 0 radical (unpaired) electrons. The van der Waals surface area contributed by atoms with E-state index >= 15 is 0 Å². The molecule has 0 aliphatic carbocycles. The molecule has 1 rings (SSSR count). The largest absolute Gasteiger partial charge is 0.384 e. The van der Waals surface area contributed by atoms with Crippen LogP contribution in [0.1, 0.15) is 11.1 Å². The van der Waals surface area contributed by atoms with Crippen molar-refractivity contribution in [2.24, 2.45) is 5.73 Å². The van der Waals surface area contributed by atoms with Gasteiger partial charge in [-0.3, -0.25) is 10.4 Å². The van der Waals surface area contributed by atoms with E-state index in [4.69, 9.17) is 11.1 Å². The van der Waals surface area contributed by atoms with Crippen LogP contribution in [0.3, 0.4) is 0 Å². The first-order chi connectivity index (χ1) is 4.72. The lowest BCUT2D eigenvalue weighted by Gasteiger charge is -1.99. The van der Waals surface area contributed by atoms with Crippen molar-refractivity contribution in [3.63, 3.8) is 0 Å². The Morgan fingerprint density at radius 1 is 1.70 bits per heavy atom. The predicted molar refractivity (Wildman–Crippen MR) is 40.0 cm³/mol. The second kappa shape index (κ2) is 2.47. The van der Waals surface area contributed by atoms with Crippen LogP contribution in [0.25, 0.3) is 0 Å². The second-order valence-corrected chi connectivity index (χ2v) is 2.10. The number of hydrogen-bond donors (Lipinski definition) is 2. The van der Waals surface area contributed by atoms with E-state index in [0.29, 0.717) is 5.56 Å². The summed E-state index contributed by atoms with van der Waals surface area (Å²) in [4.78, 5) is 3.85. The highest BCUT2D eigenvalue weighted by molar-refractivity contribution is 5.95. The molecule has 10 heavy (non-hydrogen) atoms. The summed E-state index contributed by atoms with van der Waals surface area (Å²) in [5.74, 6) is 0.0746. The minimum atomic E-state index is 0.0746. The van der Waals surface area contributed by atoms with Gasteiger partial charge in [0.05, 0.1) is 0 Å². The monoisotopic (exact) mass is 135 g/mol. The highest BCUT2D eigenvalue weighted by Crippen LogP contribution is 2.02. The molecule has 0 aromatic carbocycles. The molecule has 0 aliphatic rings. The van der Waals surface area contributed by atoms with Crippen molar-refractivity contribution in [3.8, 4) is 0 Å². The number of hydrogen-bond acceptors (Lipinski definition) is 2. The normalized spacial score (nSPS) is 9.30. The van der Waals surface area contributed by atoms with Crippen LogP contribution in [0.2, 0.25) is 0 Å². The number of amidine groups is 1. The van der Waals surface area contributed by atoms with Crippen LogP contribution in [0.4, 0.5) is 0 Å². The van der Waals surface area contributed by atoms with E-state index in [-0.39, 0.29) is 5.84 Å². The standard InChI is InChI=1S/C7H9N3/c1-5-2-3-10-4-6(5)7(8)9/h2-4H,1H3,(H3,8,9). The van der Waals surface area contributed by atoms with Crippen LogP contribution in [0, 0.1) is 12.3 Å². The smallest absolute Gasteiger partial charge is 0.124 e. The fraction of sp³-hybridized carbons (Fsp3) is 0.143. The summed E-state index contributed by atoms with van der Waals surface area (Å²) < 4.78 is 0. The first kappa shape index (κ1) is 6.74. The Labute approximate surface area is 59.4 Å². The number of nitrogens with two attached hydrogens (primary N) is 1. The molecule has 3 heteroatoms. The molecular weight excluding hydrogens is 126 g/mol. The van der Waals surface area contributed by atoms with Gasteiger partial charge in [-0.1, -0.05) is 0 Å². The zero-order valence-corrected chi connectivity index (χ0v) is 5.76. The Hall–Kier alpha value is -1.38. The van der Waals surface area contributed by atoms with Gasteiger partial charge in [-0.2, -0.15) is 0 Å². The molecule has 0 saturated carbocycles. The molecule has 1 aromatic rings. The highest BCUT2D eigenvalue weighted by atomic mass is 14.7. The van der Waals surface area contributed by atoms with Crippen LogP contribution in [0.15, 0.2) is 18.5 Å². The quantitative estimate of drug-likeness (QED) is 0.439. The zero-order chi connectivity index (χ0) is 7.56. The fourth-order valence-electron chi connectivity index (χ4n) is 0.746. The molecule has 0 bridgehead atoms. The van der Waals surface area contributed by atoms with E-state index in [2.05, 4.69) is 4.98 Å². The van der Waals surface area contributed by atoms with Gasteiger partial charge in [-0.05, 0) is 18.6 Å². The van der Waals surface area contributed by atoms with Gasteiger partial charge < -0.3 is 5.73 Å². The van der Waals surface area contributed by atoms with Crippen molar-refractivity contribution in [2.45, 2.75) is 6.92 Å². The van der Waals surface area contributed by atoms with Crippen LogP contribution in [-0.4, -0.2) is 10.8 Å². The van der Waals surface area contributed by atoms with Gasteiger partial charge >= 0.3 is 0 Å². The highest BCUT2D eigenvalue weighted by Gasteiger charge is 1.97. The zero-order valence-electron chi connectivity index (χ0n) is 5.76. The number of nitrogen functional groups attached to an aromatic ring is 1. The molecule has 52 valence electrons. The van der Waals surface area contributed by atoms with Crippen LogP contribution in [0.5, 0.6) is 0 Å². The molecule has 0 fully saturated rings. The molecule has 0 saturated heterocycles. The van der Waals surface area contributed by atoms with Crippen molar-refractivity contribution in [3.05, 3.63) is 29.6 Å². The summed E-state index contributed by atoms with van der Waals surface area (Å²) in [7, 11) is 0. The van der Waals surface area contributed by atoms with Crippen LogP contribution >= 0.6 is 0 Å². The Balaban J connectivity index is 3.15. The van der Waals surface area contributed by atoms with Gasteiger partial charge in [-0.25, -0.2) is 0 Å². The van der Waals surface area contributed by atoms with E-state index in [1.165, 1.54) is 0 Å². The van der Waals surface area contributed by atoms with Gasteiger partial charge in [0.2, 0.25) is 0 Å². The fourth-order valence-corrected chi connectivity index (χ4v) is 0.746. The number of aryl methyl sites for hydroxylation is 1. The minimum Gasteiger partial charge on any atom is -0.384 e. The molecule has 0 spiro atoms. The van der Waals surface area contributed by atoms with Crippen molar-refractivity contribution in [1.29, 1.82) is 5.41 Å². The number of pyridine rings is 1. The SMILES string of the molecule is Cc1ccncc1C(=N)N. The van der Waals surface area contributed by atoms with Gasteiger partial charge in [0, 0.05) is 18.0 Å². The Morgan fingerprint density at radius 3 is 2.80 bits per heavy atom. The van der Waals surface area contributed by atoms with E-state index in [0.717, 1.165) is 5.56 Å². The average molecular weight is 135 g/mol. The lowest BCUT2D eigenvalue weighted by Crippen LogP contribution is -2.12. The maximum atomic E-state index is 7.11. The molecule has 3 N–H and O–H groups in total. The lowest BCUT2D eigenvalue weighted by atomic mass is 10.1. The maximum Gasteiger partial charge on any atom is 0.124 e. The summed E-state index contributed by atoms with van der Waals surface area (Å²) in [6, 6.07) is 1.83. The molecule has 0 atom stereocenters. The number of nitrogens with zero attached hydrogens (tertiary/aromatic N) is 1. The molecule has 0 amide bonds. The third-order valence-corrected chi connectivity index (χ3v) is 1.33. The molecular formula is C7H9N3. The first-order valence-electron chi connectivity index (χ1n) is 2.97. The summed E-state index contributed by atoms with van der Waals surface area (Å²) in [6.45, 7) is 1.90.